The Morgan fingerprint density at radius 3 is 2.40 bits per heavy atom. The van der Waals surface area contributed by atoms with Gasteiger partial charge >= 0.3 is 0 Å². The maximum absolute atomic E-state index is 13.0. The van der Waals surface area contributed by atoms with Crippen LogP contribution in [0.15, 0.2) is 60.7 Å². The Labute approximate surface area is 235 Å². The summed E-state index contributed by atoms with van der Waals surface area (Å²) in [6.07, 6.45) is 0.881. The highest BCUT2D eigenvalue weighted by molar-refractivity contribution is 7.81. The van der Waals surface area contributed by atoms with Gasteiger partial charge in [-0.3, -0.25) is 9.35 Å². The van der Waals surface area contributed by atoms with Crippen LogP contribution in [-0.2, 0) is 11.3 Å². The number of aryl methyl sites for hydroxylation is 1. The number of phenols is 1. The minimum absolute atomic E-state index is 0.0183. The third-order valence-corrected chi connectivity index (χ3v) is 7.04. The first-order valence-corrected chi connectivity index (χ1v) is 14.1. The van der Waals surface area contributed by atoms with E-state index in [9.17, 15) is 18.7 Å². The van der Waals surface area contributed by atoms with Crippen molar-refractivity contribution in [1.29, 1.82) is 0 Å². The SMILES string of the molecule is CCN(CC)CCCNc1nc(C)nc(N(c2cccc(NC(=O)c3cc4ccccc4cc3O)c2)S(=O)O)n1. The number of rotatable bonds is 12. The van der Waals surface area contributed by atoms with Crippen molar-refractivity contribution in [3.63, 3.8) is 0 Å². The number of benzene rings is 3. The van der Waals surface area contributed by atoms with Crippen molar-refractivity contribution in [1.82, 2.24) is 19.9 Å². The van der Waals surface area contributed by atoms with Crippen molar-refractivity contribution >= 4 is 51.2 Å². The number of amides is 1. The van der Waals surface area contributed by atoms with E-state index in [0.29, 0.717) is 24.0 Å². The number of hydrogen-bond donors (Lipinski definition) is 4. The molecule has 0 fully saturated rings. The minimum atomic E-state index is -2.52. The molecule has 40 heavy (non-hydrogen) atoms. The van der Waals surface area contributed by atoms with Crippen molar-refractivity contribution < 1.29 is 18.7 Å². The van der Waals surface area contributed by atoms with E-state index in [4.69, 9.17) is 0 Å². The van der Waals surface area contributed by atoms with Gasteiger partial charge in [0.1, 0.15) is 11.6 Å². The summed E-state index contributed by atoms with van der Waals surface area (Å²) in [6, 6.07) is 17.0. The highest BCUT2D eigenvalue weighted by Crippen LogP contribution is 2.29. The lowest BCUT2D eigenvalue weighted by Crippen LogP contribution is -2.26. The number of nitrogens with zero attached hydrogens (tertiary/aromatic N) is 5. The third kappa shape index (κ3) is 7.08. The molecule has 1 unspecified atom stereocenters. The Bertz CT molecular complexity index is 1510. The number of nitrogens with one attached hydrogen (secondary N) is 2. The van der Waals surface area contributed by atoms with Crippen LogP contribution in [0.2, 0.25) is 0 Å². The van der Waals surface area contributed by atoms with E-state index in [-0.39, 0.29) is 22.9 Å². The predicted octanol–water partition coefficient (Wildman–Crippen LogP) is 4.71. The smallest absolute Gasteiger partial charge is 0.269 e. The number of hydrogen-bond acceptors (Lipinski definition) is 8. The summed E-state index contributed by atoms with van der Waals surface area (Å²) >= 11 is -2.52. The van der Waals surface area contributed by atoms with Crippen molar-refractivity contribution in [3.8, 4) is 5.75 Å². The van der Waals surface area contributed by atoms with Crippen LogP contribution in [0.5, 0.6) is 5.75 Å². The quantitative estimate of drug-likeness (QED) is 0.142. The van der Waals surface area contributed by atoms with E-state index in [0.717, 1.165) is 41.1 Å². The predicted molar refractivity (Wildman–Crippen MR) is 158 cm³/mol. The molecule has 1 atom stereocenters. The average Bonchev–Trinajstić information content (AvgIpc) is 2.92. The van der Waals surface area contributed by atoms with Crippen LogP contribution < -0.4 is 14.9 Å². The molecule has 11 nitrogen and oxygen atoms in total. The first kappa shape index (κ1) is 28.9. The molecule has 12 heteroatoms. The largest absolute Gasteiger partial charge is 0.507 e. The fourth-order valence-electron chi connectivity index (χ4n) is 4.27. The van der Waals surface area contributed by atoms with Crippen molar-refractivity contribution in [3.05, 3.63) is 72.1 Å². The fourth-order valence-corrected chi connectivity index (χ4v) is 4.79. The normalized spacial score (nSPS) is 11.9. The van der Waals surface area contributed by atoms with Gasteiger partial charge in [0.05, 0.1) is 11.3 Å². The van der Waals surface area contributed by atoms with E-state index in [1.165, 1.54) is 12.1 Å². The van der Waals surface area contributed by atoms with Gasteiger partial charge in [0.15, 0.2) is 0 Å². The molecule has 0 aliphatic heterocycles. The Balaban J connectivity index is 1.53. The summed E-state index contributed by atoms with van der Waals surface area (Å²) in [4.78, 5) is 28.3. The zero-order valence-corrected chi connectivity index (χ0v) is 23.5. The fraction of sp³-hybridized carbons (Fsp3) is 0.286. The summed E-state index contributed by atoms with van der Waals surface area (Å²) in [6.45, 7) is 9.44. The molecule has 210 valence electrons. The van der Waals surface area contributed by atoms with E-state index < -0.39 is 17.2 Å². The molecule has 1 aromatic heterocycles. The molecule has 0 aliphatic carbocycles. The van der Waals surface area contributed by atoms with E-state index in [1.54, 1.807) is 31.2 Å². The van der Waals surface area contributed by atoms with Crippen LogP contribution >= 0.6 is 0 Å². The van der Waals surface area contributed by atoms with Gasteiger partial charge in [0.2, 0.25) is 11.9 Å². The number of carbonyl (C=O) groups is 1. The molecule has 4 rings (SSSR count). The monoisotopic (exact) mass is 563 g/mol. The summed E-state index contributed by atoms with van der Waals surface area (Å²) in [5.74, 6) is -0.0144. The molecule has 3 aromatic carbocycles. The molecule has 0 saturated carbocycles. The Morgan fingerprint density at radius 1 is 0.975 bits per heavy atom. The van der Waals surface area contributed by atoms with Crippen LogP contribution in [0.4, 0.5) is 23.3 Å². The van der Waals surface area contributed by atoms with Gasteiger partial charge in [-0.2, -0.15) is 15.0 Å². The zero-order valence-electron chi connectivity index (χ0n) is 22.7. The van der Waals surface area contributed by atoms with E-state index in [2.05, 4.69) is 44.3 Å². The van der Waals surface area contributed by atoms with Gasteiger partial charge in [0.25, 0.3) is 17.2 Å². The van der Waals surface area contributed by atoms with Gasteiger partial charge in [-0.05, 0) is 74.1 Å². The summed E-state index contributed by atoms with van der Waals surface area (Å²) < 4.78 is 23.6. The van der Waals surface area contributed by atoms with Gasteiger partial charge in [-0.1, -0.05) is 44.2 Å². The van der Waals surface area contributed by atoms with Gasteiger partial charge in [-0.25, -0.2) is 8.51 Å². The standard InChI is InChI=1S/C28H33N7O4S/c1-4-34(5-2)15-9-14-29-27-30-19(3)31-28(33-27)35(40(38)39)23-13-8-12-22(18-23)32-26(37)24-16-20-10-6-7-11-21(20)17-25(24)36/h6-8,10-13,16-18,36H,4-5,9,14-15H2,1-3H3,(H,32,37)(H,38,39)(H,29,30,31,33). The van der Waals surface area contributed by atoms with Crippen LogP contribution in [0.1, 0.15) is 36.5 Å². The molecule has 1 heterocycles. The number of fused-ring (bicyclic) bond motifs is 1. The maximum atomic E-state index is 13.0. The van der Waals surface area contributed by atoms with Crippen LogP contribution in [-0.4, -0.2) is 65.8 Å². The lowest BCUT2D eigenvalue weighted by molar-refractivity contribution is 0.102. The third-order valence-electron chi connectivity index (χ3n) is 6.35. The number of aromatic nitrogens is 3. The topological polar surface area (TPSA) is 144 Å². The first-order valence-electron chi connectivity index (χ1n) is 13.0. The van der Waals surface area contributed by atoms with Crippen molar-refractivity contribution in [2.75, 3.05) is 41.1 Å². The van der Waals surface area contributed by atoms with Crippen LogP contribution in [0, 0.1) is 6.92 Å². The summed E-state index contributed by atoms with van der Waals surface area (Å²) in [5.41, 5.74) is 0.738. The highest BCUT2D eigenvalue weighted by atomic mass is 32.2. The summed E-state index contributed by atoms with van der Waals surface area (Å²) in [7, 11) is 0. The lowest BCUT2D eigenvalue weighted by atomic mass is 10.1. The number of phenolic OH excluding ortho intramolecular Hbond substituents is 1. The molecule has 0 bridgehead atoms. The minimum Gasteiger partial charge on any atom is -0.507 e. The van der Waals surface area contributed by atoms with E-state index in [1.807, 2.05) is 24.3 Å². The Morgan fingerprint density at radius 2 is 1.70 bits per heavy atom. The molecule has 0 spiro atoms. The molecule has 0 saturated heterocycles. The number of aromatic hydroxyl groups is 1. The van der Waals surface area contributed by atoms with Gasteiger partial charge in [-0.15, -0.1) is 0 Å². The average molecular weight is 564 g/mol. The van der Waals surface area contributed by atoms with Crippen molar-refractivity contribution in [2.45, 2.75) is 27.2 Å². The van der Waals surface area contributed by atoms with Crippen LogP contribution in [0.3, 0.4) is 0 Å². The molecular formula is C28H33N7O4S. The molecular weight excluding hydrogens is 530 g/mol. The van der Waals surface area contributed by atoms with Gasteiger partial charge < -0.3 is 20.6 Å². The molecule has 4 aromatic rings. The van der Waals surface area contributed by atoms with Crippen molar-refractivity contribution in [2.24, 2.45) is 0 Å². The maximum Gasteiger partial charge on any atom is 0.269 e. The van der Waals surface area contributed by atoms with Gasteiger partial charge in [0, 0.05) is 12.2 Å². The highest BCUT2D eigenvalue weighted by Gasteiger charge is 2.21. The first-order chi connectivity index (χ1) is 19.3. The second kappa shape index (κ2) is 13.3. The van der Waals surface area contributed by atoms with Crippen LogP contribution in [0.25, 0.3) is 10.8 Å². The molecule has 0 aliphatic rings. The zero-order chi connectivity index (χ0) is 28.6. The number of carbonyl (C=O) groups excluding carboxylic acids is 1. The number of anilines is 4. The lowest BCUT2D eigenvalue weighted by Gasteiger charge is -2.20. The molecule has 0 radical (unpaired) electrons. The molecule has 1 amide bonds. The molecule has 4 N–H and O–H groups in total. The summed E-state index contributed by atoms with van der Waals surface area (Å²) in [5, 5.41) is 18.0. The Hall–Kier alpha value is -4.13. The Kier molecular flexibility index (Phi) is 9.59. The van der Waals surface area contributed by atoms with E-state index >= 15 is 0 Å². The second-order valence-corrected chi connectivity index (χ2v) is 9.89. The second-order valence-electron chi connectivity index (χ2n) is 9.06.